The molecule has 0 atom stereocenters. The molecule has 0 radical (unpaired) electrons. The first kappa shape index (κ1) is 23.0. The van der Waals surface area contributed by atoms with Crippen molar-refractivity contribution in [3.05, 3.63) is 96.2 Å². The lowest BCUT2D eigenvalue weighted by atomic mass is 9.97. The smallest absolute Gasteiger partial charge is 0.236 e. The largest absolute Gasteiger partial charge is 0.326 e. The second-order valence-corrected chi connectivity index (χ2v) is 10.4. The number of anilines is 1. The SMILES string of the molecule is O=C(Nc1ccc(-c2cn3ccccc3n2)cc1)C1CCN(S(=O)(=O)/C=C/c2ccccc2)CC1. The molecule has 7 nitrogen and oxygen atoms in total. The highest BCUT2D eigenvalue weighted by Crippen LogP contribution is 2.24. The molecule has 2 aromatic carbocycles. The van der Waals surface area contributed by atoms with Crippen LogP contribution in [0, 0.1) is 5.92 Å². The fourth-order valence-corrected chi connectivity index (χ4v) is 5.45. The molecule has 1 saturated heterocycles. The van der Waals surface area contributed by atoms with E-state index in [4.69, 9.17) is 0 Å². The number of carbonyl (C=O) groups is 1. The Labute approximate surface area is 204 Å². The highest BCUT2D eigenvalue weighted by Gasteiger charge is 2.30. The summed E-state index contributed by atoms with van der Waals surface area (Å²) in [6.45, 7) is 0.652. The van der Waals surface area contributed by atoms with Crippen molar-refractivity contribution in [3.63, 3.8) is 0 Å². The summed E-state index contributed by atoms with van der Waals surface area (Å²) in [5.41, 5.74) is 4.25. The molecule has 2 aromatic heterocycles. The summed E-state index contributed by atoms with van der Waals surface area (Å²) in [7, 11) is -3.52. The van der Waals surface area contributed by atoms with Gasteiger partial charge in [0.1, 0.15) is 5.65 Å². The number of sulfonamides is 1. The average Bonchev–Trinajstić information content (AvgIpc) is 3.33. The van der Waals surface area contributed by atoms with E-state index in [-0.39, 0.29) is 11.8 Å². The first-order chi connectivity index (χ1) is 17.0. The van der Waals surface area contributed by atoms with E-state index in [1.54, 1.807) is 6.08 Å². The number of nitrogens with zero attached hydrogens (tertiary/aromatic N) is 3. The fourth-order valence-electron chi connectivity index (χ4n) is 4.23. The maximum atomic E-state index is 12.8. The molecular weight excluding hydrogens is 460 g/mol. The molecule has 0 aliphatic carbocycles. The van der Waals surface area contributed by atoms with Crippen molar-refractivity contribution in [3.8, 4) is 11.3 Å². The van der Waals surface area contributed by atoms with Crippen LogP contribution in [0.4, 0.5) is 5.69 Å². The number of aromatic nitrogens is 2. The van der Waals surface area contributed by atoms with Crippen LogP contribution < -0.4 is 5.32 Å². The standard InChI is InChI=1S/C27H26N4O3S/c32-27(23-13-17-31(18-14-23)35(33,34)19-15-21-6-2-1-3-7-21)28-24-11-9-22(10-12-24)25-20-30-16-5-4-8-26(30)29-25/h1-12,15-16,19-20,23H,13-14,17-18H2,(H,28,32)/b19-15+. The summed E-state index contributed by atoms with van der Waals surface area (Å²) in [6, 6.07) is 22.8. The van der Waals surface area contributed by atoms with E-state index >= 15 is 0 Å². The maximum Gasteiger partial charge on any atom is 0.236 e. The molecule has 178 valence electrons. The molecular formula is C27H26N4O3S. The van der Waals surface area contributed by atoms with Gasteiger partial charge in [-0.15, -0.1) is 0 Å². The third-order valence-electron chi connectivity index (χ3n) is 6.23. The van der Waals surface area contributed by atoms with E-state index in [9.17, 15) is 13.2 Å². The highest BCUT2D eigenvalue weighted by molar-refractivity contribution is 7.92. The molecule has 1 aliphatic rings. The van der Waals surface area contributed by atoms with Crippen molar-refractivity contribution in [2.75, 3.05) is 18.4 Å². The van der Waals surface area contributed by atoms with Crippen molar-refractivity contribution in [2.45, 2.75) is 12.8 Å². The Morgan fingerprint density at radius 1 is 0.943 bits per heavy atom. The molecule has 1 N–H and O–H groups in total. The molecule has 0 unspecified atom stereocenters. The highest BCUT2D eigenvalue weighted by atomic mass is 32.2. The number of hydrogen-bond acceptors (Lipinski definition) is 4. The van der Waals surface area contributed by atoms with Crippen LogP contribution in [0.25, 0.3) is 23.0 Å². The Bertz CT molecular complexity index is 1420. The topological polar surface area (TPSA) is 83.8 Å². The first-order valence-corrected chi connectivity index (χ1v) is 13.1. The fraction of sp³-hybridized carbons (Fsp3) is 0.185. The van der Waals surface area contributed by atoms with E-state index in [2.05, 4.69) is 10.3 Å². The van der Waals surface area contributed by atoms with Gasteiger partial charge in [-0.1, -0.05) is 48.5 Å². The van der Waals surface area contributed by atoms with Gasteiger partial charge in [0.25, 0.3) is 0 Å². The van der Waals surface area contributed by atoms with Gasteiger partial charge in [0, 0.05) is 48.1 Å². The molecule has 0 saturated carbocycles. The van der Waals surface area contributed by atoms with Gasteiger partial charge >= 0.3 is 0 Å². The third-order valence-corrected chi connectivity index (χ3v) is 7.79. The molecule has 1 amide bonds. The number of fused-ring (bicyclic) bond motifs is 1. The Hall–Kier alpha value is -3.75. The van der Waals surface area contributed by atoms with Crippen molar-refractivity contribution in [1.29, 1.82) is 0 Å². The summed E-state index contributed by atoms with van der Waals surface area (Å²) in [6.07, 6.45) is 6.51. The summed E-state index contributed by atoms with van der Waals surface area (Å²) in [5, 5.41) is 4.21. The molecule has 35 heavy (non-hydrogen) atoms. The van der Waals surface area contributed by atoms with Gasteiger partial charge in [0.05, 0.1) is 5.69 Å². The van der Waals surface area contributed by atoms with Crippen molar-refractivity contribution >= 4 is 33.3 Å². The number of amides is 1. The van der Waals surface area contributed by atoms with Crippen LogP contribution in [0.3, 0.4) is 0 Å². The van der Waals surface area contributed by atoms with Gasteiger partial charge in [-0.05, 0) is 48.7 Å². The van der Waals surface area contributed by atoms with E-state index in [1.807, 2.05) is 89.6 Å². The summed E-state index contributed by atoms with van der Waals surface area (Å²) in [4.78, 5) is 17.4. The monoisotopic (exact) mass is 486 g/mol. The van der Waals surface area contributed by atoms with Crippen molar-refractivity contribution in [2.24, 2.45) is 5.92 Å². The summed E-state index contributed by atoms with van der Waals surface area (Å²) >= 11 is 0. The molecule has 0 spiro atoms. The number of benzene rings is 2. The number of piperidine rings is 1. The molecule has 0 bridgehead atoms. The first-order valence-electron chi connectivity index (χ1n) is 11.6. The van der Waals surface area contributed by atoms with Crippen LogP contribution >= 0.6 is 0 Å². The summed E-state index contributed by atoms with van der Waals surface area (Å²) in [5.74, 6) is -0.306. The van der Waals surface area contributed by atoms with Crippen molar-refractivity contribution in [1.82, 2.24) is 13.7 Å². The zero-order valence-corrected chi connectivity index (χ0v) is 19.9. The van der Waals surface area contributed by atoms with Crippen LogP contribution in [0.1, 0.15) is 18.4 Å². The quantitative estimate of drug-likeness (QED) is 0.430. The zero-order valence-electron chi connectivity index (χ0n) is 19.1. The minimum Gasteiger partial charge on any atom is -0.326 e. The average molecular weight is 487 g/mol. The Morgan fingerprint density at radius 2 is 1.66 bits per heavy atom. The van der Waals surface area contributed by atoms with Gasteiger partial charge < -0.3 is 9.72 Å². The lowest BCUT2D eigenvalue weighted by molar-refractivity contribution is -0.120. The Balaban J connectivity index is 1.16. The number of carbonyl (C=O) groups excluding carboxylic acids is 1. The minimum atomic E-state index is -3.52. The van der Waals surface area contributed by atoms with Gasteiger partial charge in [-0.3, -0.25) is 4.79 Å². The normalized spacial score (nSPS) is 15.5. The number of pyridine rings is 1. The predicted octanol–water partition coefficient (Wildman–Crippen LogP) is 4.65. The number of hydrogen-bond donors (Lipinski definition) is 1. The molecule has 1 fully saturated rings. The Kier molecular flexibility index (Phi) is 6.48. The predicted molar refractivity (Wildman–Crippen MR) is 138 cm³/mol. The zero-order chi connectivity index (χ0) is 24.3. The van der Waals surface area contributed by atoms with Crippen molar-refractivity contribution < 1.29 is 13.2 Å². The van der Waals surface area contributed by atoms with Gasteiger partial charge in [0.2, 0.25) is 15.9 Å². The van der Waals surface area contributed by atoms with Crippen LogP contribution in [0.15, 0.2) is 90.6 Å². The Morgan fingerprint density at radius 3 is 2.37 bits per heavy atom. The van der Waals surface area contributed by atoms with E-state index in [1.165, 1.54) is 9.71 Å². The van der Waals surface area contributed by atoms with Crippen LogP contribution in [0.5, 0.6) is 0 Å². The van der Waals surface area contributed by atoms with Crippen LogP contribution in [0.2, 0.25) is 0 Å². The molecule has 4 aromatic rings. The molecule has 1 aliphatic heterocycles. The van der Waals surface area contributed by atoms with Gasteiger partial charge in [-0.2, -0.15) is 4.31 Å². The lowest BCUT2D eigenvalue weighted by Gasteiger charge is -2.29. The van der Waals surface area contributed by atoms with E-state index in [0.29, 0.717) is 31.6 Å². The van der Waals surface area contributed by atoms with E-state index < -0.39 is 10.0 Å². The summed E-state index contributed by atoms with van der Waals surface area (Å²) < 4.78 is 28.7. The van der Waals surface area contributed by atoms with Crippen LogP contribution in [-0.4, -0.2) is 41.1 Å². The number of rotatable bonds is 6. The van der Waals surface area contributed by atoms with Crippen LogP contribution in [-0.2, 0) is 14.8 Å². The van der Waals surface area contributed by atoms with E-state index in [0.717, 1.165) is 22.5 Å². The van der Waals surface area contributed by atoms with Gasteiger partial charge in [-0.25, -0.2) is 13.4 Å². The number of imidazole rings is 1. The lowest BCUT2D eigenvalue weighted by Crippen LogP contribution is -2.40. The van der Waals surface area contributed by atoms with Gasteiger partial charge in [0.15, 0.2) is 0 Å². The third kappa shape index (κ3) is 5.34. The minimum absolute atomic E-state index is 0.0812. The number of nitrogens with one attached hydrogen (secondary N) is 1. The molecule has 8 heteroatoms. The second kappa shape index (κ2) is 9.85. The maximum absolute atomic E-state index is 12.8. The molecule has 3 heterocycles. The second-order valence-electron chi connectivity index (χ2n) is 8.59. The molecule has 5 rings (SSSR count).